The molecule has 0 bridgehead atoms. The molecule has 1 aliphatic rings. The van der Waals surface area contributed by atoms with E-state index in [0.717, 1.165) is 0 Å². The summed E-state index contributed by atoms with van der Waals surface area (Å²) in [6, 6.07) is 0. The van der Waals surface area contributed by atoms with Crippen molar-refractivity contribution in [3.8, 4) is 0 Å². The first-order valence-corrected chi connectivity index (χ1v) is 3.86. The fraction of sp³-hybridized carbons (Fsp3) is 0.429. The highest BCUT2D eigenvalue weighted by molar-refractivity contribution is 5.97. The summed E-state index contributed by atoms with van der Waals surface area (Å²) < 4.78 is 4.48. The van der Waals surface area contributed by atoms with E-state index < -0.39 is 4.92 Å². The highest BCUT2D eigenvalue weighted by Gasteiger charge is 2.31. The normalized spacial score (nSPS) is 15.5. The second-order valence-electron chi connectivity index (χ2n) is 2.85. The molecule has 1 aromatic heterocycles. The second-order valence-corrected chi connectivity index (χ2v) is 2.85. The van der Waals surface area contributed by atoms with E-state index in [9.17, 15) is 14.9 Å². The number of ketones is 1. The molecule has 2 rings (SSSR count). The van der Waals surface area contributed by atoms with Crippen molar-refractivity contribution in [3.63, 3.8) is 0 Å². The van der Waals surface area contributed by atoms with Gasteiger partial charge in [0.15, 0.2) is 11.5 Å². The monoisotopic (exact) mass is 182 g/mol. The molecule has 0 amide bonds. The molecule has 6 heteroatoms. The van der Waals surface area contributed by atoms with Crippen LogP contribution in [0.3, 0.4) is 0 Å². The fourth-order valence-electron chi connectivity index (χ4n) is 1.43. The van der Waals surface area contributed by atoms with Crippen LogP contribution in [0.5, 0.6) is 0 Å². The lowest BCUT2D eigenvalue weighted by Crippen LogP contribution is -2.10. The van der Waals surface area contributed by atoms with E-state index in [2.05, 4.69) is 9.68 Å². The van der Waals surface area contributed by atoms with Gasteiger partial charge in [-0.15, -0.1) is 0 Å². The van der Waals surface area contributed by atoms with Crippen molar-refractivity contribution >= 4 is 11.7 Å². The third-order valence-corrected chi connectivity index (χ3v) is 2.03. The Morgan fingerprint density at radius 3 is 2.92 bits per heavy atom. The van der Waals surface area contributed by atoms with Gasteiger partial charge in [-0.05, 0) is 12.8 Å². The number of fused-ring (bicyclic) bond motifs is 1. The van der Waals surface area contributed by atoms with E-state index in [1.807, 2.05) is 0 Å². The molecule has 68 valence electrons. The summed E-state index contributed by atoms with van der Waals surface area (Å²) in [7, 11) is 0. The van der Waals surface area contributed by atoms with Crippen molar-refractivity contribution in [2.24, 2.45) is 0 Å². The third kappa shape index (κ3) is 1.10. The average Bonchev–Trinajstić information content (AvgIpc) is 2.48. The largest absolute Gasteiger partial charge is 0.459 e. The van der Waals surface area contributed by atoms with Gasteiger partial charge in [-0.1, -0.05) is 5.16 Å². The van der Waals surface area contributed by atoms with Gasteiger partial charge in [0, 0.05) is 6.42 Å². The van der Waals surface area contributed by atoms with Gasteiger partial charge in [0.1, 0.15) is 10.5 Å². The predicted molar refractivity (Wildman–Crippen MR) is 40.4 cm³/mol. The van der Waals surface area contributed by atoms with Gasteiger partial charge in [0.25, 0.3) is 0 Å². The van der Waals surface area contributed by atoms with E-state index in [0.29, 0.717) is 24.8 Å². The maximum atomic E-state index is 11.2. The van der Waals surface area contributed by atoms with Crippen LogP contribution in [0, 0.1) is 10.1 Å². The zero-order valence-electron chi connectivity index (χ0n) is 6.65. The molecular weight excluding hydrogens is 176 g/mol. The molecule has 0 fully saturated rings. The van der Waals surface area contributed by atoms with Gasteiger partial charge >= 0.3 is 5.88 Å². The number of hydrogen-bond donors (Lipinski definition) is 0. The summed E-state index contributed by atoms with van der Waals surface area (Å²) in [6.07, 6.45) is 1.53. The van der Waals surface area contributed by atoms with Crippen LogP contribution in [0.25, 0.3) is 0 Å². The Balaban J connectivity index is 2.53. The van der Waals surface area contributed by atoms with E-state index >= 15 is 0 Å². The third-order valence-electron chi connectivity index (χ3n) is 2.03. The minimum Gasteiger partial charge on any atom is -0.292 e. The number of aromatic nitrogens is 1. The van der Waals surface area contributed by atoms with Crippen molar-refractivity contribution in [3.05, 3.63) is 21.4 Å². The highest BCUT2D eigenvalue weighted by atomic mass is 16.7. The van der Waals surface area contributed by atoms with Crippen molar-refractivity contribution in [1.29, 1.82) is 0 Å². The van der Waals surface area contributed by atoms with Gasteiger partial charge in [0.2, 0.25) is 0 Å². The first-order valence-electron chi connectivity index (χ1n) is 3.86. The van der Waals surface area contributed by atoms with Crippen LogP contribution < -0.4 is 0 Å². The second kappa shape index (κ2) is 2.65. The van der Waals surface area contributed by atoms with Gasteiger partial charge in [-0.3, -0.25) is 19.4 Å². The Bertz CT molecular complexity index is 368. The quantitative estimate of drug-likeness (QED) is 0.479. The molecule has 1 heterocycles. The molecule has 0 radical (unpaired) electrons. The molecular formula is C7H6N2O4. The Morgan fingerprint density at radius 1 is 1.46 bits per heavy atom. The maximum Gasteiger partial charge on any atom is 0.459 e. The van der Waals surface area contributed by atoms with Gasteiger partial charge in [0.05, 0.1) is 0 Å². The summed E-state index contributed by atoms with van der Waals surface area (Å²) >= 11 is 0. The molecule has 0 N–H and O–H groups in total. The zero-order chi connectivity index (χ0) is 9.42. The Hall–Kier alpha value is -1.72. The van der Waals surface area contributed by atoms with Crippen LogP contribution in [0.1, 0.15) is 28.9 Å². The average molecular weight is 182 g/mol. The van der Waals surface area contributed by atoms with Crippen molar-refractivity contribution < 1.29 is 14.2 Å². The number of carbonyl (C=O) groups excluding carboxylic acids is 1. The van der Waals surface area contributed by atoms with E-state index in [4.69, 9.17) is 0 Å². The molecule has 0 spiro atoms. The Morgan fingerprint density at radius 2 is 2.23 bits per heavy atom. The molecule has 1 aromatic rings. The molecule has 13 heavy (non-hydrogen) atoms. The summed E-state index contributed by atoms with van der Waals surface area (Å²) in [6.45, 7) is 0. The van der Waals surface area contributed by atoms with Crippen LogP contribution in [-0.4, -0.2) is 15.9 Å². The lowest BCUT2D eigenvalue weighted by Gasteiger charge is -2.04. The SMILES string of the molecule is O=C1CCCc2c1noc2[N+](=O)[O-]. The van der Waals surface area contributed by atoms with Crippen LogP contribution in [0.2, 0.25) is 0 Å². The topological polar surface area (TPSA) is 86.2 Å². The van der Waals surface area contributed by atoms with Crippen LogP contribution in [0.15, 0.2) is 4.52 Å². The number of hydrogen-bond acceptors (Lipinski definition) is 5. The predicted octanol–water partition coefficient (Wildman–Crippen LogP) is 1.10. The van der Waals surface area contributed by atoms with Crippen LogP contribution >= 0.6 is 0 Å². The lowest BCUT2D eigenvalue weighted by atomic mass is 9.97. The van der Waals surface area contributed by atoms with Crippen molar-refractivity contribution in [2.45, 2.75) is 19.3 Å². The van der Waals surface area contributed by atoms with E-state index in [1.54, 1.807) is 0 Å². The van der Waals surface area contributed by atoms with Crippen molar-refractivity contribution in [2.75, 3.05) is 0 Å². The zero-order valence-corrected chi connectivity index (χ0v) is 6.65. The van der Waals surface area contributed by atoms with Crippen molar-refractivity contribution in [1.82, 2.24) is 5.16 Å². The number of carbonyl (C=O) groups is 1. The Kier molecular flexibility index (Phi) is 1.61. The first-order chi connectivity index (χ1) is 6.20. The molecule has 0 aromatic carbocycles. The molecule has 1 aliphatic carbocycles. The molecule has 0 atom stereocenters. The minimum absolute atomic E-state index is 0.137. The van der Waals surface area contributed by atoms with Gasteiger partial charge in [-0.2, -0.15) is 0 Å². The fourth-order valence-corrected chi connectivity index (χ4v) is 1.43. The van der Waals surface area contributed by atoms with Gasteiger partial charge in [-0.25, -0.2) is 0 Å². The summed E-state index contributed by atoms with van der Waals surface area (Å²) in [5, 5.41) is 13.8. The first kappa shape index (κ1) is 7.90. The molecule has 0 saturated heterocycles. The van der Waals surface area contributed by atoms with Gasteiger partial charge < -0.3 is 0 Å². The molecule has 0 unspecified atom stereocenters. The summed E-state index contributed by atoms with van der Waals surface area (Å²) in [5.74, 6) is -0.554. The Labute approximate surface area is 72.7 Å². The smallest absolute Gasteiger partial charge is 0.292 e. The maximum absolute atomic E-state index is 11.2. The number of nitrogens with zero attached hydrogens (tertiary/aromatic N) is 2. The molecule has 6 nitrogen and oxygen atoms in total. The van der Waals surface area contributed by atoms with Crippen LogP contribution in [-0.2, 0) is 6.42 Å². The van der Waals surface area contributed by atoms with Crippen LogP contribution in [0.4, 0.5) is 5.88 Å². The minimum atomic E-state index is -0.648. The highest BCUT2D eigenvalue weighted by Crippen LogP contribution is 2.28. The summed E-state index contributed by atoms with van der Waals surface area (Å²) in [4.78, 5) is 20.9. The van der Waals surface area contributed by atoms with E-state index in [1.165, 1.54) is 0 Å². The number of rotatable bonds is 1. The lowest BCUT2D eigenvalue weighted by molar-refractivity contribution is -0.404. The standard InChI is InChI=1S/C7H6N2O4/c10-5-3-1-2-4-6(5)8-13-7(4)9(11)12/h1-3H2. The van der Waals surface area contributed by atoms with E-state index in [-0.39, 0.29) is 17.4 Å². The number of nitro groups is 1. The molecule has 0 saturated carbocycles. The molecule has 0 aliphatic heterocycles. The summed E-state index contributed by atoms with van der Waals surface area (Å²) in [5.41, 5.74) is 0.485. The number of Topliss-reactive ketones (excluding diaryl/α,β-unsaturated/α-hetero) is 1.